The molecule has 1 amide bonds. The molecule has 0 unspecified atom stereocenters. The fourth-order valence-corrected chi connectivity index (χ4v) is 2.93. The Morgan fingerprint density at radius 3 is 2.74 bits per heavy atom. The lowest BCUT2D eigenvalue weighted by Gasteiger charge is -2.09. The van der Waals surface area contributed by atoms with Gasteiger partial charge in [-0.3, -0.25) is 9.89 Å². The highest BCUT2D eigenvalue weighted by atomic mass is 79.9. The molecule has 7 heteroatoms. The molecule has 1 heterocycles. The molecule has 0 aliphatic heterocycles. The van der Waals surface area contributed by atoms with Crippen LogP contribution >= 0.6 is 27.5 Å². The Hall–Kier alpha value is -2.88. The largest absolute Gasteiger partial charge is 0.321 e. The van der Waals surface area contributed by atoms with Crippen LogP contribution in [0.2, 0.25) is 5.02 Å². The van der Waals surface area contributed by atoms with E-state index in [0.29, 0.717) is 16.3 Å². The van der Waals surface area contributed by atoms with E-state index in [0.717, 1.165) is 21.3 Å². The maximum absolute atomic E-state index is 12.5. The fraction of sp³-hybridized carbons (Fsp3) is 0.0500. The number of amides is 1. The van der Waals surface area contributed by atoms with Crippen molar-refractivity contribution < 1.29 is 4.79 Å². The number of rotatable bonds is 4. The van der Waals surface area contributed by atoms with Crippen LogP contribution in [0.15, 0.2) is 58.7 Å². The normalized spacial score (nSPS) is 11.1. The van der Waals surface area contributed by atoms with Gasteiger partial charge >= 0.3 is 0 Å². The van der Waals surface area contributed by atoms with Crippen LogP contribution in [0.4, 0.5) is 5.69 Å². The number of aromatic amines is 1. The number of benzene rings is 2. The van der Waals surface area contributed by atoms with Crippen LogP contribution in [0.25, 0.3) is 17.3 Å². The van der Waals surface area contributed by atoms with Crippen LogP contribution in [-0.4, -0.2) is 16.1 Å². The first-order valence-electron chi connectivity index (χ1n) is 7.97. The van der Waals surface area contributed by atoms with Crippen LogP contribution in [0.1, 0.15) is 11.1 Å². The van der Waals surface area contributed by atoms with Crippen molar-refractivity contribution in [3.05, 3.63) is 74.9 Å². The summed E-state index contributed by atoms with van der Waals surface area (Å²) in [4.78, 5) is 12.5. The van der Waals surface area contributed by atoms with Gasteiger partial charge in [0.1, 0.15) is 11.6 Å². The summed E-state index contributed by atoms with van der Waals surface area (Å²) in [6.07, 6.45) is 3.09. The molecule has 0 atom stereocenters. The van der Waals surface area contributed by atoms with Gasteiger partial charge in [-0.05, 0) is 42.8 Å². The number of halogens is 2. The molecule has 5 nitrogen and oxygen atoms in total. The monoisotopic (exact) mass is 440 g/mol. The Balaban J connectivity index is 1.90. The Bertz CT molecular complexity index is 1060. The molecular formula is C20H14BrClN4O. The number of anilines is 1. The molecule has 0 saturated carbocycles. The molecule has 3 rings (SSSR count). The van der Waals surface area contributed by atoms with Crippen molar-refractivity contribution in [2.24, 2.45) is 0 Å². The smallest absolute Gasteiger partial charge is 0.266 e. The highest BCUT2D eigenvalue weighted by Crippen LogP contribution is 2.26. The van der Waals surface area contributed by atoms with Crippen LogP contribution in [-0.2, 0) is 4.79 Å². The van der Waals surface area contributed by atoms with Gasteiger partial charge in [-0.2, -0.15) is 10.4 Å². The molecule has 1 aromatic heterocycles. The zero-order valence-electron chi connectivity index (χ0n) is 14.3. The third-order valence-corrected chi connectivity index (χ3v) is 4.92. The predicted molar refractivity (Wildman–Crippen MR) is 110 cm³/mol. The highest BCUT2D eigenvalue weighted by Gasteiger charge is 2.14. The fourth-order valence-electron chi connectivity index (χ4n) is 2.49. The first-order valence-corrected chi connectivity index (χ1v) is 9.14. The second-order valence-electron chi connectivity index (χ2n) is 5.74. The van der Waals surface area contributed by atoms with E-state index in [2.05, 4.69) is 31.4 Å². The third-order valence-electron chi connectivity index (χ3n) is 3.98. The summed E-state index contributed by atoms with van der Waals surface area (Å²) in [5, 5.41) is 19.7. The maximum Gasteiger partial charge on any atom is 0.266 e. The zero-order valence-corrected chi connectivity index (χ0v) is 16.6. The molecule has 0 saturated heterocycles. The number of carbonyl (C=O) groups excluding carboxylic acids is 1. The van der Waals surface area contributed by atoms with Crippen molar-refractivity contribution in [1.29, 1.82) is 5.26 Å². The number of aromatic nitrogens is 2. The summed E-state index contributed by atoms with van der Waals surface area (Å²) >= 11 is 9.48. The lowest BCUT2D eigenvalue weighted by atomic mass is 10.1. The van der Waals surface area contributed by atoms with E-state index in [1.165, 1.54) is 6.08 Å². The molecule has 0 bridgehead atoms. The standard InChI is InChI=1S/C20H14BrClN4O/c1-12-17(22)3-2-4-18(12)25-20(27)14(10-23)9-15-11-24-26-19(15)13-5-7-16(21)8-6-13/h2-9,11H,1H3,(H,24,26)(H,25,27). The number of hydrogen-bond acceptors (Lipinski definition) is 3. The number of carbonyl (C=O) groups is 1. The topological polar surface area (TPSA) is 81.6 Å². The Labute approximate surface area is 169 Å². The van der Waals surface area contributed by atoms with Gasteiger partial charge in [0.15, 0.2) is 0 Å². The first-order chi connectivity index (χ1) is 13.0. The molecule has 134 valence electrons. The van der Waals surface area contributed by atoms with E-state index in [1.807, 2.05) is 30.3 Å². The second kappa shape index (κ2) is 8.21. The van der Waals surface area contributed by atoms with Crippen molar-refractivity contribution in [2.45, 2.75) is 6.92 Å². The van der Waals surface area contributed by atoms with Gasteiger partial charge in [-0.1, -0.05) is 45.7 Å². The van der Waals surface area contributed by atoms with Crippen molar-refractivity contribution in [2.75, 3.05) is 5.32 Å². The number of H-pyrrole nitrogens is 1. The van der Waals surface area contributed by atoms with Crippen LogP contribution < -0.4 is 5.32 Å². The second-order valence-corrected chi connectivity index (χ2v) is 7.07. The van der Waals surface area contributed by atoms with E-state index >= 15 is 0 Å². The van der Waals surface area contributed by atoms with E-state index < -0.39 is 5.91 Å². The first kappa shape index (κ1) is 18.9. The summed E-state index contributed by atoms with van der Waals surface area (Å²) < 4.78 is 0.955. The molecule has 27 heavy (non-hydrogen) atoms. The molecule has 2 aromatic carbocycles. The summed E-state index contributed by atoms with van der Waals surface area (Å²) in [5.41, 5.74) is 3.53. The lowest BCUT2D eigenvalue weighted by Crippen LogP contribution is -2.14. The van der Waals surface area contributed by atoms with Crippen molar-refractivity contribution >= 4 is 45.2 Å². The quantitative estimate of drug-likeness (QED) is 0.423. The molecule has 0 aliphatic carbocycles. The molecule has 0 spiro atoms. The predicted octanol–water partition coefficient (Wildman–Crippen LogP) is 5.35. The van der Waals surface area contributed by atoms with Crippen molar-refractivity contribution in [1.82, 2.24) is 10.2 Å². The molecule has 0 aliphatic rings. The summed E-state index contributed by atoms with van der Waals surface area (Å²) in [7, 11) is 0. The molecule has 0 fully saturated rings. The van der Waals surface area contributed by atoms with Crippen LogP contribution in [0.3, 0.4) is 0 Å². The van der Waals surface area contributed by atoms with E-state index in [4.69, 9.17) is 11.6 Å². The zero-order chi connectivity index (χ0) is 19.4. The summed E-state index contributed by atoms with van der Waals surface area (Å²) in [6, 6.07) is 14.8. The van der Waals surface area contributed by atoms with Gasteiger partial charge in [-0.15, -0.1) is 0 Å². The number of nitrogens with one attached hydrogen (secondary N) is 2. The van der Waals surface area contributed by atoms with Gasteiger partial charge < -0.3 is 5.32 Å². The molecular weight excluding hydrogens is 428 g/mol. The minimum Gasteiger partial charge on any atom is -0.321 e. The van der Waals surface area contributed by atoms with Crippen LogP contribution in [0, 0.1) is 18.3 Å². The molecule has 0 radical (unpaired) electrons. The Morgan fingerprint density at radius 1 is 1.30 bits per heavy atom. The summed E-state index contributed by atoms with van der Waals surface area (Å²) in [5.74, 6) is -0.508. The SMILES string of the molecule is Cc1c(Cl)cccc1NC(=O)C(C#N)=Cc1cn[nH]c1-c1ccc(Br)cc1. The van der Waals surface area contributed by atoms with Gasteiger partial charge in [0.25, 0.3) is 5.91 Å². The van der Waals surface area contributed by atoms with Gasteiger partial charge in [0.2, 0.25) is 0 Å². The number of hydrogen-bond donors (Lipinski definition) is 2. The van der Waals surface area contributed by atoms with E-state index in [-0.39, 0.29) is 5.57 Å². The maximum atomic E-state index is 12.5. The van der Waals surface area contributed by atoms with Crippen molar-refractivity contribution in [3.63, 3.8) is 0 Å². The molecule has 3 aromatic rings. The van der Waals surface area contributed by atoms with Gasteiger partial charge in [0, 0.05) is 26.3 Å². The number of nitrogens with zero attached hydrogens (tertiary/aromatic N) is 2. The van der Waals surface area contributed by atoms with Gasteiger partial charge in [0.05, 0.1) is 11.9 Å². The van der Waals surface area contributed by atoms with Crippen LogP contribution in [0.5, 0.6) is 0 Å². The Kier molecular flexibility index (Phi) is 5.75. The minimum absolute atomic E-state index is 0.0332. The van der Waals surface area contributed by atoms with E-state index in [9.17, 15) is 10.1 Å². The minimum atomic E-state index is -0.508. The van der Waals surface area contributed by atoms with E-state index in [1.54, 1.807) is 31.3 Å². The highest BCUT2D eigenvalue weighted by molar-refractivity contribution is 9.10. The third kappa shape index (κ3) is 4.27. The summed E-state index contributed by atoms with van der Waals surface area (Å²) in [6.45, 7) is 1.80. The lowest BCUT2D eigenvalue weighted by molar-refractivity contribution is -0.112. The number of nitriles is 1. The Morgan fingerprint density at radius 2 is 2.04 bits per heavy atom. The van der Waals surface area contributed by atoms with Crippen molar-refractivity contribution in [3.8, 4) is 17.3 Å². The van der Waals surface area contributed by atoms with Gasteiger partial charge in [-0.25, -0.2) is 0 Å². The average Bonchev–Trinajstić information content (AvgIpc) is 3.12. The average molecular weight is 442 g/mol. The molecule has 2 N–H and O–H groups in total.